The minimum absolute atomic E-state index is 0.304. The Labute approximate surface area is 118 Å². The third-order valence-corrected chi connectivity index (χ3v) is 4.14. The van der Waals surface area contributed by atoms with E-state index in [1.807, 2.05) is 0 Å². The van der Waals surface area contributed by atoms with E-state index in [2.05, 4.69) is 18.3 Å². The summed E-state index contributed by atoms with van der Waals surface area (Å²) in [5.74, 6) is -0.216. The van der Waals surface area contributed by atoms with Gasteiger partial charge < -0.3 is 5.32 Å². The molecule has 106 valence electrons. The quantitative estimate of drug-likeness (QED) is 0.899. The first kappa shape index (κ1) is 14.5. The topological polar surface area (TPSA) is 52.9 Å². The highest BCUT2D eigenvalue weighted by atomic mass is 19.1. The highest BCUT2D eigenvalue weighted by molar-refractivity contribution is 5.96. The Morgan fingerprint density at radius 1 is 1.45 bits per heavy atom. The number of nitrogens with zero attached hydrogens (tertiary/aromatic N) is 1. The molecular formula is C16H19FN2O. The summed E-state index contributed by atoms with van der Waals surface area (Å²) in [6.07, 6.45) is 3.17. The van der Waals surface area contributed by atoms with Gasteiger partial charge in [-0.2, -0.15) is 5.26 Å². The van der Waals surface area contributed by atoms with Crippen molar-refractivity contribution in [1.29, 1.82) is 5.26 Å². The van der Waals surface area contributed by atoms with Gasteiger partial charge in [-0.1, -0.05) is 13.0 Å². The largest absolute Gasteiger partial charge is 0.334 e. The fraction of sp³-hybridized carbons (Fsp3) is 0.500. The molecule has 4 heteroatoms. The number of halogens is 1. The lowest BCUT2D eigenvalue weighted by Gasteiger charge is -2.34. The summed E-state index contributed by atoms with van der Waals surface area (Å²) in [5.41, 5.74) is 0.210. The van der Waals surface area contributed by atoms with Crippen molar-refractivity contribution in [2.24, 2.45) is 5.92 Å². The summed E-state index contributed by atoms with van der Waals surface area (Å²) in [7, 11) is 0. The number of carbonyl (C=O) groups excluding carboxylic acids is 1. The van der Waals surface area contributed by atoms with E-state index >= 15 is 0 Å². The SMILES string of the molecule is Cc1ccc(F)cc1C(=O)NC1(C#N)CCC(C)CC1. The third kappa shape index (κ3) is 2.98. The summed E-state index contributed by atoms with van der Waals surface area (Å²) >= 11 is 0. The second kappa shape index (κ2) is 5.62. The van der Waals surface area contributed by atoms with Crippen LogP contribution < -0.4 is 5.32 Å². The van der Waals surface area contributed by atoms with Gasteiger partial charge in [0.05, 0.1) is 6.07 Å². The summed E-state index contributed by atoms with van der Waals surface area (Å²) < 4.78 is 13.3. The van der Waals surface area contributed by atoms with E-state index < -0.39 is 11.4 Å². The van der Waals surface area contributed by atoms with Crippen molar-refractivity contribution >= 4 is 5.91 Å². The number of carbonyl (C=O) groups is 1. The van der Waals surface area contributed by atoms with Crippen LogP contribution in [0.2, 0.25) is 0 Å². The number of benzene rings is 1. The molecule has 0 unspecified atom stereocenters. The predicted octanol–water partition coefficient (Wildman–Crippen LogP) is 3.34. The lowest BCUT2D eigenvalue weighted by Crippen LogP contribution is -2.49. The number of hydrogen-bond acceptors (Lipinski definition) is 2. The molecule has 1 fully saturated rings. The fourth-order valence-corrected chi connectivity index (χ4v) is 2.64. The molecule has 0 heterocycles. The summed E-state index contributed by atoms with van der Waals surface area (Å²) in [6.45, 7) is 3.91. The summed E-state index contributed by atoms with van der Waals surface area (Å²) in [4.78, 5) is 12.3. The molecule has 1 aromatic rings. The smallest absolute Gasteiger partial charge is 0.252 e. The molecule has 1 amide bonds. The van der Waals surface area contributed by atoms with Gasteiger partial charge >= 0.3 is 0 Å². The maximum absolute atomic E-state index is 13.3. The van der Waals surface area contributed by atoms with Crippen LogP contribution >= 0.6 is 0 Å². The molecule has 0 bridgehead atoms. The first-order chi connectivity index (χ1) is 9.46. The molecule has 1 N–H and O–H groups in total. The normalized spacial score (nSPS) is 25.8. The molecule has 1 aliphatic carbocycles. The molecular weight excluding hydrogens is 255 g/mol. The number of nitriles is 1. The fourth-order valence-electron chi connectivity index (χ4n) is 2.64. The van der Waals surface area contributed by atoms with Crippen LogP contribution in [0.5, 0.6) is 0 Å². The van der Waals surface area contributed by atoms with E-state index in [0.29, 0.717) is 29.9 Å². The van der Waals surface area contributed by atoms with Gasteiger partial charge in [-0.05, 0) is 56.2 Å². The van der Waals surface area contributed by atoms with E-state index in [0.717, 1.165) is 12.8 Å². The van der Waals surface area contributed by atoms with E-state index in [1.165, 1.54) is 12.1 Å². The van der Waals surface area contributed by atoms with Crippen molar-refractivity contribution in [2.75, 3.05) is 0 Å². The Hall–Kier alpha value is -1.89. The molecule has 20 heavy (non-hydrogen) atoms. The van der Waals surface area contributed by atoms with Gasteiger partial charge in [-0.25, -0.2) is 4.39 Å². The lowest BCUT2D eigenvalue weighted by atomic mass is 9.78. The number of amides is 1. The average Bonchev–Trinajstić information content (AvgIpc) is 2.44. The number of aryl methyl sites for hydroxylation is 1. The zero-order valence-corrected chi connectivity index (χ0v) is 11.9. The van der Waals surface area contributed by atoms with Gasteiger partial charge in [-0.3, -0.25) is 4.79 Å². The zero-order chi connectivity index (χ0) is 14.8. The van der Waals surface area contributed by atoms with Gasteiger partial charge in [0, 0.05) is 5.56 Å². The van der Waals surface area contributed by atoms with Crippen LogP contribution in [-0.4, -0.2) is 11.4 Å². The summed E-state index contributed by atoms with van der Waals surface area (Å²) in [5, 5.41) is 12.2. The predicted molar refractivity (Wildman–Crippen MR) is 74.6 cm³/mol. The molecule has 0 radical (unpaired) electrons. The molecule has 2 rings (SSSR count). The van der Waals surface area contributed by atoms with Gasteiger partial charge in [-0.15, -0.1) is 0 Å². The Bertz CT molecular complexity index is 554. The molecule has 1 saturated carbocycles. The van der Waals surface area contributed by atoms with E-state index in [1.54, 1.807) is 13.0 Å². The first-order valence-corrected chi connectivity index (χ1v) is 6.96. The van der Waals surface area contributed by atoms with Gasteiger partial charge in [0.2, 0.25) is 0 Å². The van der Waals surface area contributed by atoms with Crippen LogP contribution in [0.3, 0.4) is 0 Å². The number of hydrogen-bond donors (Lipinski definition) is 1. The van der Waals surface area contributed by atoms with Crippen molar-refractivity contribution in [3.63, 3.8) is 0 Å². The standard InChI is InChI=1S/C16H19FN2O/c1-11-5-7-16(10-18,8-6-11)19-15(20)14-9-13(17)4-3-12(14)2/h3-4,9,11H,5-8H2,1-2H3,(H,19,20). The molecule has 0 spiro atoms. The Balaban J connectivity index is 2.18. The van der Waals surface area contributed by atoms with E-state index in [-0.39, 0.29) is 5.91 Å². The second-order valence-electron chi connectivity index (χ2n) is 5.79. The minimum atomic E-state index is -0.803. The van der Waals surface area contributed by atoms with Crippen molar-refractivity contribution in [3.8, 4) is 6.07 Å². The van der Waals surface area contributed by atoms with Crippen molar-refractivity contribution in [1.82, 2.24) is 5.32 Å². The molecule has 0 aliphatic heterocycles. The summed E-state index contributed by atoms with van der Waals surface area (Å²) in [6, 6.07) is 6.37. The first-order valence-electron chi connectivity index (χ1n) is 6.96. The molecule has 0 aromatic heterocycles. The number of rotatable bonds is 2. The molecule has 1 aromatic carbocycles. The second-order valence-corrected chi connectivity index (χ2v) is 5.79. The van der Waals surface area contributed by atoms with Crippen LogP contribution in [0.4, 0.5) is 4.39 Å². The van der Waals surface area contributed by atoms with Crippen LogP contribution in [0.1, 0.15) is 48.5 Å². The molecule has 1 aliphatic rings. The Kier molecular flexibility index (Phi) is 4.08. The van der Waals surface area contributed by atoms with Crippen molar-refractivity contribution < 1.29 is 9.18 Å². The van der Waals surface area contributed by atoms with Gasteiger partial charge in [0.15, 0.2) is 0 Å². The number of nitrogens with one attached hydrogen (secondary N) is 1. The molecule has 0 atom stereocenters. The maximum atomic E-state index is 13.3. The Morgan fingerprint density at radius 2 is 2.10 bits per heavy atom. The van der Waals surface area contributed by atoms with Crippen LogP contribution in [-0.2, 0) is 0 Å². The zero-order valence-electron chi connectivity index (χ0n) is 11.9. The van der Waals surface area contributed by atoms with Gasteiger partial charge in [0.25, 0.3) is 5.91 Å². The highest BCUT2D eigenvalue weighted by Crippen LogP contribution is 2.31. The Morgan fingerprint density at radius 3 is 2.70 bits per heavy atom. The highest BCUT2D eigenvalue weighted by Gasteiger charge is 2.36. The monoisotopic (exact) mass is 274 g/mol. The van der Waals surface area contributed by atoms with Crippen LogP contribution in [0.15, 0.2) is 18.2 Å². The average molecular weight is 274 g/mol. The lowest BCUT2D eigenvalue weighted by molar-refractivity contribution is 0.0893. The molecule has 3 nitrogen and oxygen atoms in total. The third-order valence-electron chi connectivity index (χ3n) is 4.14. The minimum Gasteiger partial charge on any atom is -0.334 e. The van der Waals surface area contributed by atoms with E-state index in [4.69, 9.17) is 0 Å². The van der Waals surface area contributed by atoms with E-state index in [9.17, 15) is 14.4 Å². The van der Waals surface area contributed by atoms with Crippen molar-refractivity contribution in [2.45, 2.75) is 45.1 Å². The van der Waals surface area contributed by atoms with Crippen LogP contribution in [0.25, 0.3) is 0 Å². The maximum Gasteiger partial charge on any atom is 0.252 e. The van der Waals surface area contributed by atoms with Gasteiger partial charge in [0.1, 0.15) is 11.4 Å². The molecule has 0 saturated heterocycles. The van der Waals surface area contributed by atoms with Crippen molar-refractivity contribution in [3.05, 3.63) is 35.1 Å². The van der Waals surface area contributed by atoms with Crippen LogP contribution in [0, 0.1) is 30.0 Å².